The number of nitrogens with zero attached hydrogens (tertiary/aromatic N) is 4. The average molecular weight is 394 g/mol. The van der Waals surface area contributed by atoms with E-state index in [0.717, 1.165) is 5.56 Å². The number of ether oxygens (including phenoxy) is 2. The van der Waals surface area contributed by atoms with Gasteiger partial charge < -0.3 is 20.5 Å². The van der Waals surface area contributed by atoms with Crippen LogP contribution in [0.25, 0.3) is 22.4 Å². The number of hydrogen-bond donors (Lipinski definition) is 2. The van der Waals surface area contributed by atoms with E-state index in [1.807, 2.05) is 35.7 Å². The summed E-state index contributed by atoms with van der Waals surface area (Å²) in [6.07, 6.45) is 1.68. The quantitative estimate of drug-likeness (QED) is 0.512. The second kappa shape index (κ2) is 7.65. The van der Waals surface area contributed by atoms with Crippen LogP contribution in [-0.4, -0.2) is 34.2 Å². The van der Waals surface area contributed by atoms with Crippen LogP contribution in [0.5, 0.6) is 11.5 Å². The molecule has 0 unspecified atom stereocenters. The molecule has 3 N–H and O–H groups in total. The lowest BCUT2D eigenvalue weighted by atomic mass is 10.1. The van der Waals surface area contributed by atoms with Gasteiger partial charge in [0.05, 0.1) is 32.7 Å². The molecule has 142 valence electrons. The molecule has 28 heavy (non-hydrogen) atoms. The number of nitrogen functional groups attached to an aromatic ring is 1. The topological polar surface area (TPSA) is 108 Å². The number of aromatic nitrogens is 4. The molecule has 4 rings (SSSR count). The van der Waals surface area contributed by atoms with Crippen LogP contribution in [0.15, 0.2) is 41.9 Å². The van der Waals surface area contributed by atoms with Crippen LogP contribution in [0.1, 0.15) is 4.88 Å². The Bertz CT molecular complexity index is 1120. The van der Waals surface area contributed by atoms with Gasteiger partial charge in [-0.05, 0) is 29.6 Å². The van der Waals surface area contributed by atoms with E-state index in [1.165, 1.54) is 4.88 Å². The summed E-state index contributed by atoms with van der Waals surface area (Å²) in [5.74, 6) is 1.95. The van der Waals surface area contributed by atoms with Crippen molar-refractivity contribution < 1.29 is 9.47 Å². The lowest BCUT2D eigenvalue weighted by Crippen LogP contribution is -2.06. The van der Waals surface area contributed by atoms with Crippen LogP contribution in [0.2, 0.25) is 0 Å². The standard InChI is InChI=1S/C19H18N6O2S/c1-26-14-6-5-11(8-15(14)27-2)13-10-21-16-17(22-9-12-4-3-7-28-12)24-19(20)25-18(16)23-13/h3-8,10H,9H2,1-2H3,(H3,20,22,23,24,25). The smallest absolute Gasteiger partial charge is 0.224 e. The number of methoxy groups -OCH3 is 2. The van der Waals surface area contributed by atoms with Crippen LogP contribution >= 0.6 is 11.3 Å². The van der Waals surface area contributed by atoms with Crippen molar-refractivity contribution in [2.24, 2.45) is 0 Å². The molecule has 0 atom stereocenters. The number of fused-ring (bicyclic) bond motifs is 1. The highest BCUT2D eigenvalue weighted by molar-refractivity contribution is 7.09. The van der Waals surface area contributed by atoms with E-state index in [-0.39, 0.29) is 5.95 Å². The summed E-state index contributed by atoms with van der Waals surface area (Å²) in [5.41, 5.74) is 8.35. The number of rotatable bonds is 6. The van der Waals surface area contributed by atoms with E-state index < -0.39 is 0 Å². The summed E-state index contributed by atoms with van der Waals surface area (Å²) in [7, 11) is 3.19. The van der Waals surface area contributed by atoms with Gasteiger partial charge in [-0.2, -0.15) is 9.97 Å². The molecule has 0 aliphatic carbocycles. The molecule has 0 aliphatic rings. The first-order valence-electron chi connectivity index (χ1n) is 8.47. The van der Waals surface area contributed by atoms with Crippen molar-refractivity contribution in [1.82, 2.24) is 19.9 Å². The number of hydrogen-bond acceptors (Lipinski definition) is 9. The summed E-state index contributed by atoms with van der Waals surface area (Å²) < 4.78 is 10.6. The summed E-state index contributed by atoms with van der Waals surface area (Å²) in [6, 6.07) is 9.60. The molecule has 0 amide bonds. The first-order valence-corrected chi connectivity index (χ1v) is 9.35. The number of thiophene rings is 1. The first-order chi connectivity index (χ1) is 13.7. The molecule has 0 spiro atoms. The molecule has 0 saturated carbocycles. The van der Waals surface area contributed by atoms with E-state index in [2.05, 4.69) is 25.3 Å². The van der Waals surface area contributed by atoms with Crippen molar-refractivity contribution in [2.45, 2.75) is 6.54 Å². The molecule has 0 bridgehead atoms. The van der Waals surface area contributed by atoms with Crippen LogP contribution in [0.3, 0.4) is 0 Å². The van der Waals surface area contributed by atoms with E-state index in [1.54, 1.807) is 31.8 Å². The molecular weight excluding hydrogens is 376 g/mol. The van der Waals surface area contributed by atoms with Crippen LogP contribution in [0.4, 0.5) is 11.8 Å². The Balaban J connectivity index is 1.71. The third kappa shape index (κ3) is 3.52. The molecule has 4 aromatic rings. The fourth-order valence-electron chi connectivity index (χ4n) is 2.77. The van der Waals surface area contributed by atoms with Crippen LogP contribution < -0.4 is 20.5 Å². The second-order valence-electron chi connectivity index (χ2n) is 5.86. The third-order valence-corrected chi connectivity index (χ3v) is 4.99. The lowest BCUT2D eigenvalue weighted by Gasteiger charge is -2.11. The molecule has 9 heteroatoms. The monoisotopic (exact) mass is 394 g/mol. The highest BCUT2D eigenvalue weighted by Crippen LogP contribution is 2.32. The van der Waals surface area contributed by atoms with Gasteiger partial charge in [0, 0.05) is 10.4 Å². The van der Waals surface area contributed by atoms with E-state index in [4.69, 9.17) is 15.2 Å². The second-order valence-corrected chi connectivity index (χ2v) is 6.89. The molecule has 8 nitrogen and oxygen atoms in total. The zero-order valence-electron chi connectivity index (χ0n) is 15.3. The average Bonchev–Trinajstić information content (AvgIpc) is 3.24. The zero-order chi connectivity index (χ0) is 19.5. The molecule has 0 saturated heterocycles. The van der Waals surface area contributed by atoms with Crippen molar-refractivity contribution >= 4 is 34.3 Å². The largest absolute Gasteiger partial charge is 0.493 e. The third-order valence-electron chi connectivity index (χ3n) is 4.11. The van der Waals surface area contributed by atoms with Crippen LogP contribution in [-0.2, 0) is 6.54 Å². The van der Waals surface area contributed by atoms with Gasteiger partial charge in [-0.25, -0.2) is 9.97 Å². The molecule has 0 fully saturated rings. The highest BCUT2D eigenvalue weighted by Gasteiger charge is 2.13. The predicted octanol–water partition coefficient (Wildman–Crippen LogP) is 3.36. The molecular formula is C19H18N6O2S. The number of nitrogens with one attached hydrogen (secondary N) is 1. The minimum Gasteiger partial charge on any atom is -0.493 e. The van der Waals surface area contributed by atoms with Crippen molar-refractivity contribution in [2.75, 3.05) is 25.3 Å². The van der Waals surface area contributed by atoms with Crippen molar-refractivity contribution in [3.8, 4) is 22.8 Å². The number of nitrogens with two attached hydrogens (primary N) is 1. The maximum atomic E-state index is 5.88. The SMILES string of the molecule is COc1ccc(-c2cnc3c(NCc4cccs4)nc(N)nc3n2)cc1OC. The summed E-state index contributed by atoms with van der Waals surface area (Å²) in [4.78, 5) is 18.8. The molecule has 3 heterocycles. The molecule has 0 radical (unpaired) electrons. The Morgan fingerprint density at radius 3 is 2.68 bits per heavy atom. The van der Waals surface area contributed by atoms with Gasteiger partial charge in [0.1, 0.15) is 0 Å². The summed E-state index contributed by atoms with van der Waals surface area (Å²) in [6.45, 7) is 0.627. The summed E-state index contributed by atoms with van der Waals surface area (Å²) in [5, 5.41) is 5.29. The van der Waals surface area contributed by atoms with Crippen molar-refractivity contribution in [1.29, 1.82) is 0 Å². The lowest BCUT2D eigenvalue weighted by molar-refractivity contribution is 0.355. The predicted molar refractivity (Wildman–Crippen MR) is 110 cm³/mol. The van der Waals surface area contributed by atoms with E-state index in [0.29, 0.717) is 40.7 Å². The van der Waals surface area contributed by atoms with Crippen LogP contribution in [0, 0.1) is 0 Å². The maximum absolute atomic E-state index is 5.88. The fourth-order valence-corrected chi connectivity index (χ4v) is 3.41. The van der Waals surface area contributed by atoms with E-state index >= 15 is 0 Å². The van der Waals surface area contributed by atoms with E-state index in [9.17, 15) is 0 Å². The van der Waals surface area contributed by atoms with Crippen molar-refractivity contribution in [3.05, 3.63) is 46.8 Å². The molecule has 3 aromatic heterocycles. The number of benzene rings is 1. The zero-order valence-corrected chi connectivity index (χ0v) is 16.2. The molecule has 1 aromatic carbocycles. The molecule has 0 aliphatic heterocycles. The Hall–Kier alpha value is -3.46. The van der Waals surface area contributed by atoms with Gasteiger partial charge in [-0.1, -0.05) is 6.07 Å². The Labute approximate surface area is 165 Å². The Kier molecular flexibility index (Phi) is 4.90. The maximum Gasteiger partial charge on any atom is 0.224 e. The first kappa shape index (κ1) is 17.9. The minimum atomic E-state index is 0.139. The van der Waals surface area contributed by atoms with Gasteiger partial charge >= 0.3 is 0 Å². The van der Waals surface area contributed by atoms with Crippen molar-refractivity contribution in [3.63, 3.8) is 0 Å². The minimum absolute atomic E-state index is 0.139. The van der Waals surface area contributed by atoms with Gasteiger partial charge in [-0.3, -0.25) is 0 Å². The van der Waals surface area contributed by atoms with Gasteiger partial charge in [0.25, 0.3) is 0 Å². The van der Waals surface area contributed by atoms with Gasteiger partial charge in [0.2, 0.25) is 5.95 Å². The summed E-state index contributed by atoms with van der Waals surface area (Å²) >= 11 is 1.66. The highest BCUT2D eigenvalue weighted by atomic mass is 32.1. The van der Waals surface area contributed by atoms with Gasteiger partial charge in [0.15, 0.2) is 28.5 Å². The fraction of sp³-hybridized carbons (Fsp3) is 0.158. The Morgan fingerprint density at radius 1 is 1.07 bits per heavy atom. The normalized spacial score (nSPS) is 10.8. The van der Waals surface area contributed by atoms with Gasteiger partial charge in [-0.15, -0.1) is 11.3 Å². The number of anilines is 2. The Morgan fingerprint density at radius 2 is 1.93 bits per heavy atom.